The van der Waals surface area contributed by atoms with Crippen molar-refractivity contribution >= 4 is 48.9 Å². The standard InChI is InChI=1S/C25H23FN3O7PS3/c26-22-14-19(6-7-20(22)16-27)25(37(30,31)32)28-40(35,36)24-15-21-13-18(5-8-23(21)38-24)17-39(33,34)12-4-11-29-9-2-1-3-10-29/h1-3,5-10,13-15,25,28H,4,11-12,17H2,(H-,30,31,32). The van der Waals surface area contributed by atoms with Crippen molar-refractivity contribution in [2.75, 3.05) is 5.75 Å². The molecule has 0 saturated carbocycles. The summed E-state index contributed by atoms with van der Waals surface area (Å²) in [6, 6.07) is 15.7. The van der Waals surface area contributed by atoms with Gasteiger partial charge in [-0.25, -0.2) is 25.8 Å². The fraction of sp³-hybridized carbons (Fsp3) is 0.200. The van der Waals surface area contributed by atoms with Gasteiger partial charge in [-0.05, 0) is 46.8 Å². The molecule has 210 valence electrons. The molecule has 4 rings (SSSR count). The number of hydrogen-bond acceptors (Lipinski definition) is 8. The summed E-state index contributed by atoms with van der Waals surface area (Å²) in [6.45, 7) is 0.540. The second-order valence-corrected chi connectivity index (χ2v) is 15.8. The van der Waals surface area contributed by atoms with Crippen LogP contribution in [-0.4, -0.2) is 27.5 Å². The summed E-state index contributed by atoms with van der Waals surface area (Å²) >= 11 is 0.806. The molecule has 2 atom stereocenters. The van der Waals surface area contributed by atoms with Gasteiger partial charge in [0.05, 0.1) is 17.1 Å². The topological polar surface area (TPSA) is 168 Å². The van der Waals surface area contributed by atoms with Crippen LogP contribution in [0.2, 0.25) is 0 Å². The molecular formula is C25H23FN3O7PS3. The smallest absolute Gasteiger partial charge is 0.251 e. The summed E-state index contributed by atoms with van der Waals surface area (Å²) in [6.07, 6.45) is 4.11. The van der Waals surface area contributed by atoms with E-state index in [1.165, 1.54) is 6.07 Å². The van der Waals surface area contributed by atoms with E-state index in [0.29, 0.717) is 34.7 Å². The Kier molecular flexibility index (Phi) is 8.86. The SMILES string of the molecule is N#Cc1ccc(C(NS(=O)(=O)c2cc3cc(CS(=O)(=O)CCC[n+]4ccccc4)ccc3s2)P(=O)([O-])O)cc1F. The number of aromatic nitrogens is 1. The first-order valence-corrected chi connectivity index (χ1v) is 17.5. The van der Waals surface area contributed by atoms with Crippen LogP contribution < -0.4 is 14.2 Å². The van der Waals surface area contributed by atoms with Gasteiger partial charge < -0.3 is 14.4 Å². The number of pyridine rings is 1. The lowest BCUT2D eigenvalue weighted by Crippen LogP contribution is -2.33. The first-order valence-electron chi connectivity index (χ1n) is 11.7. The van der Waals surface area contributed by atoms with Crippen LogP contribution in [0.15, 0.2) is 77.3 Å². The predicted molar refractivity (Wildman–Crippen MR) is 145 cm³/mol. The van der Waals surface area contributed by atoms with E-state index < -0.39 is 44.6 Å². The summed E-state index contributed by atoms with van der Waals surface area (Å²) < 4.78 is 81.6. The van der Waals surface area contributed by atoms with E-state index in [0.717, 1.165) is 23.5 Å². The molecular weight excluding hydrogens is 600 g/mol. The maximum Gasteiger partial charge on any atom is 0.251 e. The van der Waals surface area contributed by atoms with E-state index in [2.05, 4.69) is 0 Å². The first-order chi connectivity index (χ1) is 18.8. The van der Waals surface area contributed by atoms with Crippen LogP contribution in [-0.2, 0) is 36.7 Å². The third kappa shape index (κ3) is 7.38. The number of thiophene rings is 1. The highest BCUT2D eigenvalue weighted by molar-refractivity contribution is 7.92. The maximum absolute atomic E-state index is 14.1. The molecule has 0 aliphatic carbocycles. The number of nitrogens with zero attached hydrogens (tertiary/aromatic N) is 2. The van der Waals surface area contributed by atoms with E-state index in [4.69, 9.17) is 5.26 Å². The van der Waals surface area contributed by atoms with Crippen molar-refractivity contribution in [2.45, 2.75) is 28.7 Å². The second kappa shape index (κ2) is 11.8. The lowest BCUT2D eigenvalue weighted by molar-refractivity contribution is -0.696. The minimum Gasteiger partial charge on any atom is -0.777 e. The molecule has 40 heavy (non-hydrogen) atoms. The van der Waals surface area contributed by atoms with Gasteiger partial charge >= 0.3 is 0 Å². The van der Waals surface area contributed by atoms with Crippen molar-refractivity contribution in [3.8, 4) is 6.07 Å². The number of nitrogens with one attached hydrogen (secondary N) is 1. The van der Waals surface area contributed by atoms with Crippen molar-refractivity contribution in [2.24, 2.45) is 0 Å². The molecule has 4 aromatic rings. The van der Waals surface area contributed by atoms with Gasteiger partial charge in [0.2, 0.25) is 0 Å². The van der Waals surface area contributed by atoms with Crippen LogP contribution >= 0.6 is 18.9 Å². The number of rotatable bonds is 11. The highest BCUT2D eigenvalue weighted by atomic mass is 32.2. The molecule has 10 nitrogen and oxygen atoms in total. The molecule has 0 fully saturated rings. The van der Waals surface area contributed by atoms with Crippen LogP contribution in [0, 0.1) is 17.1 Å². The van der Waals surface area contributed by atoms with Gasteiger partial charge in [0.15, 0.2) is 29.8 Å². The van der Waals surface area contributed by atoms with Gasteiger partial charge in [-0.1, -0.05) is 18.2 Å². The maximum atomic E-state index is 14.1. The number of halogens is 1. The fourth-order valence-electron chi connectivity index (χ4n) is 3.99. The fourth-order valence-corrected chi connectivity index (χ4v) is 9.33. The average Bonchev–Trinajstić information content (AvgIpc) is 3.31. The summed E-state index contributed by atoms with van der Waals surface area (Å²) in [4.78, 5) is 21.7. The number of sulfone groups is 1. The number of aryl methyl sites for hydroxylation is 1. The Morgan fingerprint density at radius 1 is 1.10 bits per heavy atom. The zero-order valence-corrected chi connectivity index (χ0v) is 24.0. The Bertz CT molecular complexity index is 1850. The first kappa shape index (κ1) is 30.0. The zero-order valence-electron chi connectivity index (χ0n) is 20.7. The van der Waals surface area contributed by atoms with Gasteiger partial charge in [0, 0.05) is 23.3 Å². The molecule has 0 spiro atoms. The third-order valence-corrected chi connectivity index (χ3v) is 11.8. The highest BCUT2D eigenvalue weighted by Crippen LogP contribution is 2.47. The average molecular weight is 624 g/mol. The van der Waals surface area contributed by atoms with Gasteiger partial charge in [0.1, 0.15) is 28.4 Å². The Hall–Kier alpha value is -3.02. The van der Waals surface area contributed by atoms with Gasteiger partial charge in [-0.15, -0.1) is 11.3 Å². The summed E-state index contributed by atoms with van der Waals surface area (Å²) in [5.41, 5.74) is -0.346. The largest absolute Gasteiger partial charge is 0.777 e. The van der Waals surface area contributed by atoms with E-state index in [9.17, 15) is 35.6 Å². The van der Waals surface area contributed by atoms with Crippen molar-refractivity contribution in [1.82, 2.24) is 4.72 Å². The summed E-state index contributed by atoms with van der Waals surface area (Å²) in [5.74, 6) is -3.57. The van der Waals surface area contributed by atoms with Gasteiger partial charge in [-0.3, -0.25) is 0 Å². The van der Waals surface area contributed by atoms with E-state index in [-0.39, 0.29) is 21.3 Å². The molecule has 2 N–H and O–H groups in total. The molecule has 0 radical (unpaired) electrons. The van der Waals surface area contributed by atoms with Crippen molar-refractivity contribution in [3.63, 3.8) is 0 Å². The van der Waals surface area contributed by atoms with E-state index in [1.54, 1.807) is 24.3 Å². The van der Waals surface area contributed by atoms with E-state index in [1.807, 2.05) is 39.9 Å². The molecule has 0 aliphatic heterocycles. The molecule has 2 heterocycles. The molecule has 0 amide bonds. The molecule has 0 bridgehead atoms. The number of nitriles is 1. The number of benzene rings is 2. The molecule has 2 unspecified atom stereocenters. The van der Waals surface area contributed by atoms with Gasteiger partial charge in [-0.2, -0.15) is 9.98 Å². The van der Waals surface area contributed by atoms with Crippen molar-refractivity contribution in [3.05, 3.63) is 95.6 Å². The summed E-state index contributed by atoms with van der Waals surface area (Å²) in [5, 5.41) is 9.30. The Labute approximate surface area is 234 Å². The van der Waals surface area contributed by atoms with Gasteiger partial charge in [0.25, 0.3) is 10.0 Å². The molecule has 2 aromatic heterocycles. The van der Waals surface area contributed by atoms with Crippen LogP contribution in [0.4, 0.5) is 4.39 Å². The van der Waals surface area contributed by atoms with Crippen molar-refractivity contribution in [1.29, 1.82) is 5.26 Å². The van der Waals surface area contributed by atoms with Crippen LogP contribution in [0.25, 0.3) is 10.1 Å². The quantitative estimate of drug-likeness (QED) is 0.190. The van der Waals surface area contributed by atoms with Crippen molar-refractivity contribution < 1.29 is 40.1 Å². The normalized spacial score (nSPS) is 14.4. The minimum absolute atomic E-state index is 0.0339. The minimum atomic E-state index is -5.41. The molecule has 15 heteroatoms. The molecule has 2 aromatic carbocycles. The third-order valence-electron chi connectivity index (χ3n) is 5.88. The second-order valence-electron chi connectivity index (χ2n) is 8.94. The molecule has 0 aliphatic rings. The summed E-state index contributed by atoms with van der Waals surface area (Å²) in [7, 11) is -13.4. The number of sulfonamides is 1. The lowest BCUT2D eigenvalue weighted by Gasteiger charge is -2.28. The van der Waals surface area contributed by atoms with Crippen LogP contribution in [0.3, 0.4) is 0 Å². The lowest BCUT2D eigenvalue weighted by atomic mass is 10.1. The Balaban J connectivity index is 1.52. The Morgan fingerprint density at radius 3 is 2.48 bits per heavy atom. The van der Waals surface area contributed by atoms with Crippen LogP contribution in [0.5, 0.6) is 0 Å². The zero-order chi connectivity index (χ0) is 29.1. The van der Waals surface area contributed by atoms with Crippen LogP contribution in [0.1, 0.15) is 28.9 Å². The monoisotopic (exact) mass is 623 g/mol. The molecule has 0 saturated heterocycles. The predicted octanol–water partition coefficient (Wildman–Crippen LogP) is 2.73. The number of hydrogen-bond donors (Lipinski definition) is 2. The highest BCUT2D eigenvalue weighted by Gasteiger charge is 2.30. The number of fused-ring (bicyclic) bond motifs is 1. The van der Waals surface area contributed by atoms with E-state index >= 15 is 0 Å². The Morgan fingerprint density at radius 2 is 1.82 bits per heavy atom.